The van der Waals surface area contributed by atoms with E-state index < -0.39 is 0 Å². The zero-order valence-corrected chi connectivity index (χ0v) is 12.6. The molecule has 1 N–H and O–H groups in total. The van der Waals surface area contributed by atoms with Crippen LogP contribution in [0.4, 0.5) is 0 Å². The molecule has 2 aliphatic rings. The summed E-state index contributed by atoms with van der Waals surface area (Å²) in [6, 6.07) is 0.790. The molecule has 2 fully saturated rings. The molecule has 0 saturated heterocycles. The fourth-order valence-corrected chi connectivity index (χ4v) is 5.57. The molecule has 5 unspecified atom stereocenters. The molecule has 0 aromatic rings. The molecular formula is C15H29NS. The standard InChI is InChI=1S/C15H29NS/c1-4-16-14-8-9-15(12(14)3)17-13-7-5-6-11(2)10-13/h11-16H,4-10H2,1-3H3. The molecule has 2 rings (SSSR count). The summed E-state index contributed by atoms with van der Waals surface area (Å²) >= 11 is 2.33. The van der Waals surface area contributed by atoms with Gasteiger partial charge in [-0.15, -0.1) is 0 Å². The summed E-state index contributed by atoms with van der Waals surface area (Å²) in [5, 5.41) is 5.55. The molecule has 0 radical (unpaired) electrons. The quantitative estimate of drug-likeness (QED) is 0.812. The van der Waals surface area contributed by atoms with Crippen LogP contribution in [0.15, 0.2) is 0 Å². The van der Waals surface area contributed by atoms with E-state index in [9.17, 15) is 0 Å². The lowest BCUT2D eigenvalue weighted by Gasteiger charge is -2.30. The first-order valence-electron chi connectivity index (χ1n) is 7.59. The first-order valence-corrected chi connectivity index (χ1v) is 8.53. The van der Waals surface area contributed by atoms with Crippen molar-refractivity contribution in [3.05, 3.63) is 0 Å². The molecule has 0 aromatic heterocycles. The van der Waals surface area contributed by atoms with Gasteiger partial charge in [-0.1, -0.05) is 33.6 Å². The largest absolute Gasteiger partial charge is 0.314 e. The van der Waals surface area contributed by atoms with Crippen molar-refractivity contribution in [3.63, 3.8) is 0 Å². The summed E-state index contributed by atoms with van der Waals surface area (Å²) in [6.07, 6.45) is 8.72. The average Bonchev–Trinajstić information content (AvgIpc) is 2.62. The molecule has 0 aromatic carbocycles. The highest BCUT2D eigenvalue weighted by Crippen LogP contribution is 2.42. The van der Waals surface area contributed by atoms with Crippen LogP contribution in [0.1, 0.15) is 59.3 Å². The van der Waals surface area contributed by atoms with Gasteiger partial charge in [0.25, 0.3) is 0 Å². The van der Waals surface area contributed by atoms with Crippen LogP contribution in [0.3, 0.4) is 0 Å². The number of hydrogen-bond donors (Lipinski definition) is 1. The zero-order chi connectivity index (χ0) is 12.3. The van der Waals surface area contributed by atoms with E-state index in [-0.39, 0.29) is 0 Å². The van der Waals surface area contributed by atoms with Crippen molar-refractivity contribution in [2.45, 2.75) is 75.8 Å². The molecule has 2 heteroatoms. The van der Waals surface area contributed by atoms with Gasteiger partial charge in [0.05, 0.1) is 0 Å². The van der Waals surface area contributed by atoms with Crippen LogP contribution in [-0.4, -0.2) is 23.1 Å². The van der Waals surface area contributed by atoms with Crippen LogP contribution >= 0.6 is 11.8 Å². The van der Waals surface area contributed by atoms with Crippen LogP contribution in [0, 0.1) is 11.8 Å². The summed E-state index contributed by atoms with van der Waals surface area (Å²) in [5.74, 6) is 1.85. The second-order valence-corrected chi connectivity index (χ2v) is 7.71. The molecule has 100 valence electrons. The van der Waals surface area contributed by atoms with E-state index in [1.807, 2.05) is 0 Å². The fraction of sp³-hybridized carbons (Fsp3) is 1.00. The second kappa shape index (κ2) is 6.47. The van der Waals surface area contributed by atoms with E-state index in [4.69, 9.17) is 0 Å². The van der Waals surface area contributed by atoms with Crippen molar-refractivity contribution in [1.29, 1.82) is 0 Å². The maximum Gasteiger partial charge on any atom is 0.0103 e. The highest BCUT2D eigenvalue weighted by atomic mass is 32.2. The third kappa shape index (κ3) is 3.64. The first kappa shape index (κ1) is 13.7. The Morgan fingerprint density at radius 2 is 1.94 bits per heavy atom. The molecule has 5 atom stereocenters. The first-order chi connectivity index (χ1) is 8.20. The minimum atomic E-state index is 0.790. The molecule has 0 spiro atoms. The second-order valence-electron chi connectivity index (χ2n) is 6.17. The SMILES string of the molecule is CCNC1CCC(SC2CCCC(C)C2)C1C. The molecule has 17 heavy (non-hydrogen) atoms. The Balaban J connectivity index is 1.79. The predicted molar refractivity (Wildman–Crippen MR) is 78.7 cm³/mol. The van der Waals surface area contributed by atoms with Crippen LogP contribution < -0.4 is 5.32 Å². The Bertz CT molecular complexity index is 231. The maximum atomic E-state index is 3.66. The minimum Gasteiger partial charge on any atom is -0.314 e. The van der Waals surface area contributed by atoms with Crippen molar-refractivity contribution < 1.29 is 0 Å². The van der Waals surface area contributed by atoms with Gasteiger partial charge in [-0.25, -0.2) is 0 Å². The molecule has 0 bridgehead atoms. The summed E-state index contributed by atoms with van der Waals surface area (Å²) in [5.41, 5.74) is 0. The third-order valence-corrected chi connectivity index (χ3v) is 6.53. The fourth-order valence-electron chi connectivity index (χ4n) is 3.62. The topological polar surface area (TPSA) is 12.0 Å². The Morgan fingerprint density at radius 1 is 1.12 bits per heavy atom. The Labute approximate surface area is 112 Å². The molecule has 2 saturated carbocycles. The lowest BCUT2D eigenvalue weighted by atomic mass is 9.90. The summed E-state index contributed by atoms with van der Waals surface area (Å²) in [4.78, 5) is 0. The van der Waals surface area contributed by atoms with E-state index in [1.165, 1.54) is 38.5 Å². The van der Waals surface area contributed by atoms with E-state index in [1.54, 1.807) is 0 Å². The summed E-state index contributed by atoms with van der Waals surface area (Å²) in [6.45, 7) is 8.26. The minimum absolute atomic E-state index is 0.790. The van der Waals surface area contributed by atoms with Gasteiger partial charge in [0, 0.05) is 16.5 Å². The third-order valence-electron chi connectivity index (χ3n) is 4.71. The molecule has 1 nitrogen and oxygen atoms in total. The summed E-state index contributed by atoms with van der Waals surface area (Å²) < 4.78 is 0. The van der Waals surface area contributed by atoms with Gasteiger partial charge in [-0.2, -0.15) is 11.8 Å². The predicted octanol–water partition coefficient (Wildman–Crippen LogP) is 4.07. The van der Waals surface area contributed by atoms with Crippen LogP contribution in [0.25, 0.3) is 0 Å². The van der Waals surface area contributed by atoms with Gasteiger partial charge in [-0.3, -0.25) is 0 Å². The van der Waals surface area contributed by atoms with E-state index in [2.05, 4.69) is 37.8 Å². The van der Waals surface area contributed by atoms with E-state index in [0.717, 1.165) is 34.9 Å². The monoisotopic (exact) mass is 255 g/mol. The number of nitrogens with one attached hydrogen (secondary N) is 1. The number of rotatable bonds is 4. The van der Waals surface area contributed by atoms with Crippen LogP contribution in [-0.2, 0) is 0 Å². The zero-order valence-electron chi connectivity index (χ0n) is 11.7. The Morgan fingerprint density at radius 3 is 2.65 bits per heavy atom. The van der Waals surface area contributed by atoms with Gasteiger partial charge in [0.1, 0.15) is 0 Å². The number of thioether (sulfide) groups is 1. The normalized spacial score (nSPS) is 42.9. The van der Waals surface area contributed by atoms with Gasteiger partial charge in [0.15, 0.2) is 0 Å². The van der Waals surface area contributed by atoms with Crippen molar-refractivity contribution in [2.75, 3.05) is 6.54 Å². The van der Waals surface area contributed by atoms with Crippen LogP contribution in [0.5, 0.6) is 0 Å². The molecular weight excluding hydrogens is 226 g/mol. The Hall–Kier alpha value is 0.310. The lowest BCUT2D eigenvalue weighted by molar-refractivity contribution is 0.391. The van der Waals surface area contributed by atoms with Gasteiger partial charge in [0.2, 0.25) is 0 Å². The van der Waals surface area contributed by atoms with Crippen LogP contribution in [0.2, 0.25) is 0 Å². The average molecular weight is 255 g/mol. The molecule has 2 aliphatic carbocycles. The maximum absolute atomic E-state index is 3.66. The van der Waals surface area contributed by atoms with Crippen molar-refractivity contribution in [3.8, 4) is 0 Å². The smallest absolute Gasteiger partial charge is 0.0103 e. The van der Waals surface area contributed by atoms with E-state index >= 15 is 0 Å². The highest BCUT2D eigenvalue weighted by molar-refractivity contribution is 8.00. The molecule has 0 aliphatic heterocycles. The van der Waals surface area contributed by atoms with Gasteiger partial charge in [-0.05, 0) is 44.1 Å². The van der Waals surface area contributed by atoms with Gasteiger partial charge >= 0.3 is 0 Å². The van der Waals surface area contributed by atoms with E-state index in [0.29, 0.717) is 0 Å². The molecule has 0 heterocycles. The molecule has 0 amide bonds. The van der Waals surface area contributed by atoms with Crippen molar-refractivity contribution in [1.82, 2.24) is 5.32 Å². The lowest BCUT2D eigenvalue weighted by Crippen LogP contribution is -2.33. The van der Waals surface area contributed by atoms with Gasteiger partial charge < -0.3 is 5.32 Å². The summed E-state index contributed by atoms with van der Waals surface area (Å²) in [7, 11) is 0. The van der Waals surface area contributed by atoms with Crippen molar-refractivity contribution in [2.24, 2.45) is 11.8 Å². The number of hydrogen-bond acceptors (Lipinski definition) is 2. The Kier molecular flexibility index (Phi) is 5.23. The highest BCUT2D eigenvalue weighted by Gasteiger charge is 2.34. The van der Waals surface area contributed by atoms with Crippen molar-refractivity contribution >= 4 is 11.8 Å².